The molecule has 0 aliphatic rings. The number of furan rings is 1. The van der Waals surface area contributed by atoms with Gasteiger partial charge in [-0.3, -0.25) is 0 Å². The van der Waals surface area contributed by atoms with Crippen LogP contribution >= 0.6 is 0 Å². The highest BCUT2D eigenvalue weighted by Crippen LogP contribution is 2.34. The van der Waals surface area contributed by atoms with Crippen LogP contribution in [0.5, 0.6) is 5.75 Å². The van der Waals surface area contributed by atoms with Crippen LogP contribution in [0.1, 0.15) is 37.2 Å². The van der Waals surface area contributed by atoms with Crippen LogP contribution in [0.2, 0.25) is 0 Å². The molecule has 19 heavy (non-hydrogen) atoms. The van der Waals surface area contributed by atoms with Crippen LogP contribution in [-0.2, 0) is 13.0 Å². The zero-order chi connectivity index (χ0) is 13.8. The molecule has 0 saturated heterocycles. The Kier molecular flexibility index (Phi) is 4.48. The molecule has 0 amide bonds. The number of nitrogens with one attached hydrogen (secondary N) is 1. The molecule has 0 unspecified atom stereocenters. The molecule has 1 aromatic heterocycles. The third-order valence-electron chi connectivity index (χ3n) is 3.50. The maximum Gasteiger partial charge on any atom is 0.176 e. The maximum atomic E-state index is 5.98. The van der Waals surface area contributed by atoms with Crippen molar-refractivity contribution < 1.29 is 9.15 Å². The fourth-order valence-corrected chi connectivity index (χ4v) is 2.30. The molecule has 2 rings (SSSR count). The number of ether oxygens (including phenoxy) is 1. The predicted molar refractivity (Wildman–Crippen MR) is 78.9 cm³/mol. The third-order valence-corrected chi connectivity index (χ3v) is 3.50. The smallest absolute Gasteiger partial charge is 0.176 e. The van der Waals surface area contributed by atoms with E-state index in [9.17, 15) is 0 Å². The molecule has 0 saturated carbocycles. The van der Waals surface area contributed by atoms with Crippen LogP contribution < -0.4 is 10.1 Å². The van der Waals surface area contributed by atoms with Crippen molar-refractivity contribution in [2.45, 2.75) is 40.2 Å². The van der Waals surface area contributed by atoms with Crippen LogP contribution in [0.4, 0.5) is 0 Å². The van der Waals surface area contributed by atoms with Crippen molar-refractivity contribution in [3.8, 4) is 5.75 Å². The second-order valence-electron chi connectivity index (χ2n) is 4.86. The quantitative estimate of drug-likeness (QED) is 0.803. The summed E-state index contributed by atoms with van der Waals surface area (Å²) in [6.45, 7) is 8.22. The van der Waals surface area contributed by atoms with Crippen molar-refractivity contribution in [2.24, 2.45) is 0 Å². The van der Waals surface area contributed by atoms with E-state index in [1.807, 2.05) is 0 Å². The molecule has 1 aromatic carbocycles. The van der Waals surface area contributed by atoms with Gasteiger partial charge in [0.25, 0.3) is 0 Å². The summed E-state index contributed by atoms with van der Waals surface area (Å²) in [4.78, 5) is 0. The molecule has 0 fully saturated rings. The maximum absolute atomic E-state index is 5.98. The van der Waals surface area contributed by atoms with Crippen molar-refractivity contribution >= 4 is 11.0 Å². The molecule has 2 aromatic rings. The molecule has 1 heterocycles. The highest BCUT2D eigenvalue weighted by atomic mass is 16.5. The minimum absolute atomic E-state index is 0.777. The summed E-state index contributed by atoms with van der Waals surface area (Å²) in [6.07, 6.45) is 2.13. The van der Waals surface area contributed by atoms with Gasteiger partial charge in [-0.25, -0.2) is 0 Å². The van der Waals surface area contributed by atoms with Crippen LogP contribution in [-0.4, -0.2) is 13.7 Å². The average molecular weight is 261 g/mol. The Morgan fingerprint density at radius 1 is 1.26 bits per heavy atom. The summed E-state index contributed by atoms with van der Waals surface area (Å²) in [7, 11) is 1.70. The standard InChI is InChI=1S/C16H23NO2/c1-5-7-17-10-15-11(3)13-8-12(6-2)9-14(18-4)16(13)19-15/h8-9,17H,5-7,10H2,1-4H3. The molecular weight excluding hydrogens is 238 g/mol. The Hall–Kier alpha value is -1.48. The zero-order valence-corrected chi connectivity index (χ0v) is 12.3. The molecule has 0 aliphatic heterocycles. The van der Waals surface area contributed by atoms with E-state index in [0.29, 0.717) is 0 Å². The van der Waals surface area contributed by atoms with E-state index in [2.05, 4.69) is 38.2 Å². The fraction of sp³-hybridized carbons (Fsp3) is 0.500. The SMILES string of the molecule is CCCNCc1oc2c(OC)cc(CC)cc2c1C. The first kappa shape index (κ1) is 13.9. The van der Waals surface area contributed by atoms with E-state index in [-0.39, 0.29) is 0 Å². The van der Waals surface area contributed by atoms with Crippen molar-refractivity contribution in [3.05, 3.63) is 29.0 Å². The number of rotatable bonds is 6. The Morgan fingerprint density at radius 2 is 2.05 bits per heavy atom. The molecule has 0 bridgehead atoms. The van der Waals surface area contributed by atoms with Crippen LogP contribution in [0, 0.1) is 6.92 Å². The van der Waals surface area contributed by atoms with Gasteiger partial charge in [-0.15, -0.1) is 0 Å². The Bertz CT molecular complexity index is 557. The first-order valence-electron chi connectivity index (χ1n) is 7.00. The second-order valence-corrected chi connectivity index (χ2v) is 4.86. The monoisotopic (exact) mass is 261 g/mol. The fourth-order valence-electron chi connectivity index (χ4n) is 2.30. The normalized spacial score (nSPS) is 11.2. The highest BCUT2D eigenvalue weighted by molar-refractivity contribution is 5.88. The first-order valence-corrected chi connectivity index (χ1v) is 7.00. The Labute approximate surface area is 114 Å². The van der Waals surface area contributed by atoms with Gasteiger partial charge in [0.05, 0.1) is 13.7 Å². The number of hydrogen-bond donors (Lipinski definition) is 1. The molecule has 0 spiro atoms. The number of methoxy groups -OCH3 is 1. The molecular formula is C16H23NO2. The molecule has 0 atom stereocenters. The highest BCUT2D eigenvalue weighted by Gasteiger charge is 2.15. The molecule has 0 radical (unpaired) electrons. The molecule has 3 nitrogen and oxygen atoms in total. The Morgan fingerprint density at radius 3 is 2.68 bits per heavy atom. The van der Waals surface area contributed by atoms with Crippen LogP contribution in [0.15, 0.2) is 16.5 Å². The van der Waals surface area contributed by atoms with Gasteiger partial charge in [0, 0.05) is 5.39 Å². The number of fused-ring (bicyclic) bond motifs is 1. The minimum atomic E-state index is 0.777. The lowest BCUT2D eigenvalue weighted by Gasteiger charge is -2.03. The minimum Gasteiger partial charge on any atom is -0.493 e. The summed E-state index contributed by atoms with van der Waals surface area (Å²) < 4.78 is 11.4. The van der Waals surface area contributed by atoms with Crippen LogP contribution in [0.3, 0.4) is 0 Å². The van der Waals surface area contributed by atoms with Gasteiger partial charge >= 0.3 is 0 Å². The van der Waals surface area contributed by atoms with E-state index in [1.165, 1.54) is 16.5 Å². The van der Waals surface area contributed by atoms with Crippen molar-refractivity contribution in [2.75, 3.05) is 13.7 Å². The number of aryl methyl sites for hydroxylation is 2. The summed E-state index contributed by atoms with van der Waals surface area (Å²) in [6, 6.07) is 4.27. The van der Waals surface area contributed by atoms with Gasteiger partial charge in [-0.05, 0) is 49.6 Å². The predicted octanol–water partition coefficient (Wildman–Crippen LogP) is 3.81. The zero-order valence-electron chi connectivity index (χ0n) is 12.3. The van der Waals surface area contributed by atoms with Gasteiger partial charge in [-0.1, -0.05) is 13.8 Å². The topological polar surface area (TPSA) is 34.4 Å². The van der Waals surface area contributed by atoms with Crippen molar-refractivity contribution in [3.63, 3.8) is 0 Å². The number of benzene rings is 1. The van der Waals surface area contributed by atoms with Crippen molar-refractivity contribution in [1.82, 2.24) is 5.32 Å². The number of hydrogen-bond acceptors (Lipinski definition) is 3. The summed E-state index contributed by atoms with van der Waals surface area (Å²) in [5, 5.41) is 4.56. The van der Waals surface area contributed by atoms with Gasteiger partial charge in [0.2, 0.25) is 0 Å². The van der Waals surface area contributed by atoms with Crippen molar-refractivity contribution in [1.29, 1.82) is 0 Å². The summed E-state index contributed by atoms with van der Waals surface area (Å²) >= 11 is 0. The molecule has 3 heteroatoms. The third kappa shape index (κ3) is 2.76. The largest absolute Gasteiger partial charge is 0.493 e. The lowest BCUT2D eigenvalue weighted by Crippen LogP contribution is -2.13. The van der Waals surface area contributed by atoms with Crippen LogP contribution in [0.25, 0.3) is 11.0 Å². The van der Waals surface area contributed by atoms with Gasteiger partial charge in [0.1, 0.15) is 5.76 Å². The lowest BCUT2D eigenvalue weighted by atomic mass is 10.1. The summed E-state index contributed by atoms with van der Waals surface area (Å²) in [5.41, 5.74) is 3.36. The second kappa shape index (κ2) is 6.11. The van der Waals surface area contributed by atoms with E-state index in [0.717, 1.165) is 43.0 Å². The van der Waals surface area contributed by atoms with Gasteiger partial charge in [0.15, 0.2) is 11.3 Å². The molecule has 1 N–H and O–H groups in total. The van der Waals surface area contributed by atoms with E-state index in [4.69, 9.17) is 9.15 Å². The van der Waals surface area contributed by atoms with E-state index < -0.39 is 0 Å². The molecule has 0 aliphatic carbocycles. The lowest BCUT2D eigenvalue weighted by molar-refractivity contribution is 0.405. The molecule has 104 valence electrons. The van der Waals surface area contributed by atoms with E-state index in [1.54, 1.807) is 7.11 Å². The first-order chi connectivity index (χ1) is 9.21. The average Bonchev–Trinajstić information content (AvgIpc) is 2.75. The summed E-state index contributed by atoms with van der Waals surface area (Å²) in [5.74, 6) is 1.84. The Balaban J connectivity index is 2.43. The van der Waals surface area contributed by atoms with Gasteiger partial charge in [-0.2, -0.15) is 0 Å². The van der Waals surface area contributed by atoms with Gasteiger partial charge < -0.3 is 14.5 Å². The van der Waals surface area contributed by atoms with E-state index >= 15 is 0 Å².